The second kappa shape index (κ2) is 6.70. The van der Waals surface area contributed by atoms with E-state index in [1.807, 2.05) is 29.2 Å². The van der Waals surface area contributed by atoms with Crippen LogP contribution in [0.15, 0.2) is 36.4 Å². The highest BCUT2D eigenvalue weighted by atomic mass is 16.8. The Hall–Kier alpha value is -3.20. The summed E-state index contributed by atoms with van der Waals surface area (Å²) in [6.07, 6.45) is 3.00. The summed E-state index contributed by atoms with van der Waals surface area (Å²) >= 11 is 0. The van der Waals surface area contributed by atoms with Gasteiger partial charge in [-0.3, -0.25) is 0 Å². The zero-order chi connectivity index (χ0) is 20.0. The highest BCUT2D eigenvalue weighted by molar-refractivity contribution is 5.93. The van der Waals surface area contributed by atoms with E-state index in [1.165, 1.54) is 7.11 Å². The summed E-state index contributed by atoms with van der Waals surface area (Å²) in [4.78, 5) is 35.2. The molecule has 2 aromatic rings. The fourth-order valence-corrected chi connectivity index (χ4v) is 4.22. The maximum atomic E-state index is 12.2. The lowest BCUT2D eigenvalue weighted by Gasteiger charge is -2.54. The van der Waals surface area contributed by atoms with Gasteiger partial charge in [-0.2, -0.15) is 0 Å². The minimum absolute atomic E-state index is 0.0108. The fraction of sp³-hybridized carbons (Fsp3) is 0.400. The van der Waals surface area contributed by atoms with Crippen LogP contribution in [0.25, 0.3) is 11.0 Å². The molecule has 3 fully saturated rings. The molecule has 4 aliphatic rings. The lowest BCUT2D eigenvalue weighted by molar-refractivity contribution is -0.349. The average molecular weight is 397 g/mol. The van der Waals surface area contributed by atoms with E-state index < -0.39 is 24.0 Å². The predicted molar refractivity (Wildman–Crippen MR) is 98.9 cm³/mol. The first kappa shape index (κ1) is 17.9. The van der Waals surface area contributed by atoms with Crippen LogP contribution >= 0.6 is 0 Å². The van der Waals surface area contributed by atoms with Crippen LogP contribution in [-0.2, 0) is 19.1 Å². The van der Waals surface area contributed by atoms with Crippen LogP contribution < -0.4 is 9.47 Å². The number of piperidine rings is 3. The van der Waals surface area contributed by atoms with Crippen molar-refractivity contribution in [2.75, 3.05) is 20.2 Å². The number of esters is 2. The van der Waals surface area contributed by atoms with Crippen molar-refractivity contribution in [2.45, 2.75) is 24.9 Å². The van der Waals surface area contributed by atoms with Gasteiger partial charge in [0.1, 0.15) is 0 Å². The van der Waals surface area contributed by atoms with Gasteiger partial charge in [0.15, 0.2) is 6.10 Å². The summed E-state index contributed by atoms with van der Waals surface area (Å²) in [6.45, 7) is 1.26. The molecule has 0 radical (unpaired) electrons. The minimum atomic E-state index is -1.64. The van der Waals surface area contributed by atoms with E-state index in [0.717, 1.165) is 25.0 Å². The van der Waals surface area contributed by atoms with E-state index in [0.29, 0.717) is 24.1 Å². The maximum Gasteiger partial charge on any atom is 0.359 e. The highest BCUT2D eigenvalue weighted by Crippen LogP contribution is 2.44. The van der Waals surface area contributed by atoms with Crippen molar-refractivity contribution in [2.24, 2.45) is 5.92 Å². The summed E-state index contributed by atoms with van der Waals surface area (Å²) in [5.74, 6) is -2.58. The smallest absolute Gasteiger partial charge is 0.359 e. The number of methoxy groups -OCH3 is 1. The zero-order valence-electron chi connectivity index (χ0n) is 15.7. The molecule has 2 bridgehead atoms. The number of para-hydroxylation sites is 2. The molecule has 0 N–H and O–H groups in total. The molecule has 3 saturated heterocycles. The molecule has 1 atom stereocenters. The van der Waals surface area contributed by atoms with Gasteiger partial charge in [0.25, 0.3) is 11.8 Å². The molecule has 5 heterocycles. The summed E-state index contributed by atoms with van der Waals surface area (Å²) in [5, 5.41) is 0. The van der Waals surface area contributed by atoms with Crippen LogP contribution in [0.4, 0.5) is 0 Å². The van der Waals surface area contributed by atoms with Crippen LogP contribution in [0.1, 0.15) is 12.8 Å². The molecule has 9 heteroatoms. The molecule has 1 aromatic carbocycles. The van der Waals surface area contributed by atoms with Gasteiger partial charge >= 0.3 is 17.8 Å². The van der Waals surface area contributed by atoms with Crippen molar-refractivity contribution in [1.29, 1.82) is 0 Å². The molecule has 1 unspecified atom stereocenters. The van der Waals surface area contributed by atoms with Crippen molar-refractivity contribution in [1.82, 2.24) is 14.9 Å². The monoisotopic (exact) mass is 397 g/mol. The van der Waals surface area contributed by atoms with E-state index in [4.69, 9.17) is 18.9 Å². The Morgan fingerprint density at radius 3 is 2.17 bits per heavy atom. The van der Waals surface area contributed by atoms with Crippen molar-refractivity contribution in [3.8, 4) is 11.8 Å². The van der Waals surface area contributed by atoms with Crippen molar-refractivity contribution >= 4 is 23.0 Å². The molecule has 0 amide bonds. The second-order valence-electron chi connectivity index (χ2n) is 7.20. The van der Waals surface area contributed by atoms with E-state index in [-0.39, 0.29) is 17.7 Å². The number of hydrogen-bond acceptors (Lipinski definition) is 9. The number of nitrogens with zero attached hydrogens (tertiary/aromatic N) is 3. The molecule has 29 heavy (non-hydrogen) atoms. The zero-order valence-corrected chi connectivity index (χ0v) is 15.7. The Morgan fingerprint density at radius 1 is 1.00 bits per heavy atom. The Labute approximate surface area is 166 Å². The van der Waals surface area contributed by atoms with Gasteiger partial charge in [-0.15, -0.1) is 0 Å². The highest BCUT2D eigenvalue weighted by Gasteiger charge is 2.62. The van der Waals surface area contributed by atoms with Crippen LogP contribution in [0.5, 0.6) is 11.8 Å². The summed E-state index contributed by atoms with van der Waals surface area (Å²) in [7, 11) is 1.48. The molecule has 1 aromatic heterocycles. The second-order valence-corrected chi connectivity index (χ2v) is 7.20. The average Bonchev–Trinajstić information content (AvgIpc) is 2.89. The predicted octanol–water partition coefficient (Wildman–Crippen LogP) is 1.42. The lowest BCUT2D eigenvalue weighted by atomic mass is 9.82. The number of hydrogen-bond donors (Lipinski definition) is 0. The maximum absolute atomic E-state index is 12.2. The molecule has 0 saturated carbocycles. The molecule has 0 aliphatic carbocycles. The van der Waals surface area contributed by atoms with E-state index in [9.17, 15) is 9.59 Å². The molecule has 6 rings (SSSR count). The Balaban J connectivity index is 1.58. The van der Waals surface area contributed by atoms with Gasteiger partial charge in [-0.1, -0.05) is 12.1 Å². The molecule has 4 aliphatic heterocycles. The van der Waals surface area contributed by atoms with Crippen LogP contribution in [0.2, 0.25) is 0 Å². The van der Waals surface area contributed by atoms with Crippen LogP contribution in [-0.4, -0.2) is 59.0 Å². The van der Waals surface area contributed by atoms with Crippen molar-refractivity contribution in [3.63, 3.8) is 0 Å². The molecule has 9 nitrogen and oxygen atoms in total. The van der Waals surface area contributed by atoms with Gasteiger partial charge in [-0.05, 0) is 25.0 Å². The quantitative estimate of drug-likeness (QED) is 0.712. The van der Waals surface area contributed by atoms with Crippen LogP contribution in [0, 0.1) is 5.92 Å². The van der Waals surface area contributed by atoms with Gasteiger partial charge < -0.3 is 18.9 Å². The summed E-state index contributed by atoms with van der Waals surface area (Å²) in [6, 6.07) is 7.35. The standard InChI is InChI=1S/C20H19N3O6/c1-26-18-19(22-14-5-3-2-4-13(14)21-18)27-17-12-8-10-23(11-9-12)20(17)28-15(24)6-7-16(25)29-20/h2-7,12,17H,8-11H2,1H3. The number of carbonyl (C=O) groups is 2. The third-order valence-electron chi connectivity index (χ3n) is 5.56. The third-order valence-corrected chi connectivity index (χ3v) is 5.56. The van der Waals surface area contributed by atoms with Gasteiger partial charge in [0, 0.05) is 31.2 Å². The molecule has 1 spiro atoms. The Bertz CT molecular complexity index is 994. The molecule has 150 valence electrons. The first-order chi connectivity index (χ1) is 14.1. The number of fused-ring (bicyclic) bond motifs is 3. The summed E-state index contributed by atoms with van der Waals surface area (Å²) < 4.78 is 22.9. The Kier molecular flexibility index (Phi) is 4.13. The van der Waals surface area contributed by atoms with E-state index in [1.54, 1.807) is 0 Å². The van der Waals surface area contributed by atoms with E-state index in [2.05, 4.69) is 9.97 Å². The van der Waals surface area contributed by atoms with Gasteiger partial charge in [0.2, 0.25) is 0 Å². The molecular weight excluding hydrogens is 378 g/mol. The fourth-order valence-electron chi connectivity index (χ4n) is 4.22. The minimum Gasteiger partial charge on any atom is -0.477 e. The van der Waals surface area contributed by atoms with Crippen molar-refractivity contribution in [3.05, 3.63) is 36.4 Å². The normalized spacial score (nSPS) is 27.4. The third kappa shape index (κ3) is 2.89. The largest absolute Gasteiger partial charge is 0.477 e. The number of rotatable bonds is 3. The topological polar surface area (TPSA) is 100 Å². The first-order valence-electron chi connectivity index (χ1n) is 9.45. The van der Waals surface area contributed by atoms with E-state index >= 15 is 0 Å². The number of aromatic nitrogens is 2. The van der Waals surface area contributed by atoms with Crippen LogP contribution in [0.3, 0.4) is 0 Å². The van der Waals surface area contributed by atoms with Crippen molar-refractivity contribution < 1.29 is 28.5 Å². The Morgan fingerprint density at radius 2 is 1.59 bits per heavy atom. The number of ether oxygens (including phenoxy) is 4. The number of carbonyl (C=O) groups excluding carboxylic acids is 2. The SMILES string of the molecule is COc1nc2ccccc2nc1OC1C2CCN(CC2)C12OC(=O)C=CC(=O)O2. The lowest BCUT2D eigenvalue weighted by Crippen LogP contribution is -2.71. The number of benzene rings is 1. The molecular formula is C20H19N3O6. The first-order valence-corrected chi connectivity index (χ1v) is 9.45. The van der Waals surface area contributed by atoms with Gasteiger partial charge in [-0.25, -0.2) is 24.5 Å². The summed E-state index contributed by atoms with van der Waals surface area (Å²) in [5.41, 5.74) is 1.30. The van der Waals surface area contributed by atoms with Gasteiger partial charge in [0.05, 0.1) is 18.1 Å².